The van der Waals surface area contributed by atoms with E-state index in [1.54, 1.807) is 0 Å². The molecule has 2 fully saturated rings. The van der Waals surface area contributed by atoms with Crippen LogP contribution in [-0.2, 0) is 19.2 Å². The zero-order valence-corrected chi connectivity index (χ0v) is 16.8. The molecule has 2 saturated heterocycles. The van der Waals surface area contributed by atoms with Crippen LogP contribution < -0.4 is 16.8 Å². The van der Waals surface area contributed by atoms with Gasteiger partial charge in [-0.05, 0) is 39.5 Å². The first kappa shape index (κ1) is 23.0. The summed E-state index contributed by atoms with van der Waals surface area (Å²) in [6.07, 6.45) is -0.170. The lowest BCUT2D eigenvalue weighted by Gasteiger charge is -2.33. The van der Waals surface area contributed by atoms with Crippen LogP contribution in [0, 0.1) is 0 Å². The fourth-order valence-electron chi connectivity index (χ4n) is 3.86. The zero-order valence-electron chi connectivity index (χ0n) is 16.8. The summed E-state index contributed by atoms with van der Waals surface area (Å²) in [6, 6.07) is -3.94. The Labute approximate surface area is 169 Å². The molecule has 0 aromatic rings. The number of hydrogen-bond acceptors (Lipinski definition) is 7. The van der Waals surface area contributed by atoms with Crippen molar-refractivity contribution in [3.63, 3.8) is 0 Å². The maximum atomic E-state index is 13.1. The lowest BCUT2D eigenvalue weighted by molar-refractivity contribution is -0.148. The Bertz CT molecular complexity index is 655. The van der Waals surface area contributed by atoms with E-state index in [1.165, 1.54) is 23.6 Å². The highest BCUT2D eigenvalue weighted by Crippen LogP contribution is 2.25. The smallest absolute Gasteiger partial charge is 0.246 e. The lowest BCUT2D eigenvalue weighted by atomic mass is 10.1. The van der Waals surface area contributed by atoms with Gasteiger partial charge in [0.1, 0.15) is 24.2 Å². The molecule has 2 heterocycles. The number of nitrogens with one attached hydrogen (secondary N) is 1. The lowest BCUT2D eigenvalue weighted by Crippen LogP contribution is -2.58. The number of nitrogens with two attached hydrogens (primary N) is 2. The van der Waals surface area contributed by atoms with Crippen molar-refractivity contribution in [2.75, 3.05) is 13.1 Å². The maximum absolute atomic E-state index is 13.1. The Morgan fingerprint density at radius 1 is 0.966 bits per heavy atom. The normalized spacial score (nSPS) is 26.0. The van der Waals surface area contributed by atoms with Gasteiger partial charge in [0.05, 0.1) is 12.2 Å². The molecule has 164 valence electrons. The van der Waals surface area contributed by atoms with Crippen LogP contribution in [0.15, 0.2) is 0 Å². The molecule has 6 atom stereocenters. The van der Waals surface area contributed by atoms with Gasteiger partial charge in [-0.2, -0.15) is 0 Å². The van der Waals surface area contributed by atoms with Crippen LogP contribution in [0.5, 0.6) is 0 Å². The van der Waals surface area contributed by atoms with Gasteiger partial charge >= 0.3 is 0 Å². The van der Waals surface area contributed by atoms with Crippen LogP contribution in [0.4, 0.5) is 0 Å². The minimum absolute atomic E-state index is 0.341. The molecule has 4 amide bonds. The largest absolute Gasteiger partial charge is 0.391 e. The van der Waals surface area contributed by atoms with Gasteiger partial charge in [-0.25, -0.2) is 0 Å². The molecule has 0 spiro atoms. The highest BCUT2D eigenvalue weighted by Gasteiger charge is 2.43. The summed E-state index contributed by atoms with van der Waals surface area (Å²) in [5, 5.41) is 21.6. The molecule has 5 unspecified atom stereocenters. The number of primary amides is 1. The Morgan fingerprint density at radius 3 is 2.03 bits per heavy atom. The second-order valence-electron chi connectivity index (χ2n) is 7.77. The van der Waals surface area contributed by atoms with Gasteiger partial charge in [0.15, 0.2) is 0 Å². The second kappa shape index (κ2) is 9.51. The molecule has 2 rings (SSSR count). The van der Waals surface area contributed by atoms with Gasteiger partial charge in [-0.1, -0.05) is 0 Å². The third-order valence-electron chi connectivity index (χ3n) is 5.55. The number of carbonyl (C=O) groups is 4. The molecule has 2 aliphatic heterocycles. The number of aliphatic hydroxyl groups is 2. The molecular weight excluding hydrogens is 382 g/mol. The third-order valence-corrected chi connectivity index (χ3v) is 5.55. The number of likely N-dealkylation sites (tertiary alicyclic amines) is 2. The minimum atomic E-state index is -1.26. The van der Waals surface area contributed by atoms with E-state index in [9.17, 15) is 29.4 Å². The predicted molar refractivity (Wildman–Crippen MR) is 102 cm³/mol. The Morgan fingerprint density at radius 2 is 1.52 bits per heavy atom. The molecule has 11 heteroatoms. The number of aliphatic hydroxyl groups excluding tert-OH is 2. The van der Waals surface area contributed by atoms with E-state index in [-0.39, 0.29) is 5.91 Å². The summed E-state index contributed by atoms with van der Waals surface area (Å²) in [5.41, 5.74) is 11.0. The summed E-state index contributed by atoms with van der Waals surface area (Å²) < 4.78 is 0. The summed E-state index contributed by atoms with van der Waals surface area (Å²) in [7, 11) is 0. The molecule has 0 aromatic carbocycles. The van der Waals surface area contributed by atoms with Crippen LogP contribution in [0.3, 0.4) is 0 Å². The van der Waals surface area contributed by atoms with Gasteiger partial charge in [0, 0.05) is 13.1 Å². The minimum Gasteiger partial charge on any atom is -0.391 e. The van der Waals surface area contributed by atoms with Crippen LogP contribution in [0.2, 0.25) is 0 Å². The summed E-state index contributed by atoms with van der Waals surface area (Å²) in [5.74, 6) is -2.31. The van der Waals surface area contributed by atoms with E-state index in [0.717, 1.165) is 0 Å². The fourth-order valence-corrected chi connectivity index (χ4v) is 3.86. The molecule has 0 saturated carbocycles. The summed E-state index contributed by atoms with van der Waals surface area (Å²) in [6.45, 7) is 3.44. The van der Waals surface area contributed by atoms with E-state index in [1.807, 2.05) is 0 Å². The molecule has 29 heavy (non-hydrogen) atoms. The number of rotatable bonds is 7. The fraction of sp³-hybridized carbons (Fsp3) is 0.778. The van der Waals surface area contributed by atoms with Gasteiger partial charge in [-0.15, -0.1) is 0 Å². The van der Waals surface area contributed by atoms with Crippen molar-refractivity contribution in [2.45, 2.75) is 75.9 Å². The maximum Gasteiger partial charge on any atom is 0.246 e. The Kier molecular flexibility index (Phi) is 7.55. The van der Waals surface area contributed by atoms with Crippen LogP contribution >= 0.6 is 0 Å². The summed E-state index contributed by atoms with van der Waals surface area (Å²) in [4.78, 5) is 52.5. The number of amides is 4. The van der Waals surface area contributed by atoms with Gasteiger partial charge in [-0.3, -0.25) is 19.2 Å². The summed E-state index contributed by atoms with van der Waals surface area (Å²) >= 11 is 0. The van der Waals surface area contributed by atoms with Crippen molar-refractivity contribution in [1.29, 1.82) is 0 Å². The van der Waals surface area contributed by atoms with Gasteiger partial charge in [0.25, 0.3) is 0 Å². The average Bonchev–Trinajstić information content (AvgIpc) is 3.32. The quantitative estimate of drug-likeness (QED) is 0.295. The van der Waals surface area contributed by atoms with Crippen molar-refractivity contribution in [2.24, 2.45) is 11.5 Å². The van der Waals surface area contributed by atoms with Gasteiger partial charge < -0.3 is 36.8 Å². The molecule has 2 aliphatic rings. The predicted octanol–water partition coefficient (Wildman–Crippen LogP) is -2.97. The second-order valence-corrected chi connectivity index (χ2v) is 7.77. The van der Waals surface area contributed by atoms with Crippen molar-refractivity contribution >= 4 is 23.6 Å². The van der Waals surface area contributed by atoms with Gasteiger partial charge in [0.2, 0.25) is 23.6 Å². The molecular formula is C18H31N5O6. The topological polar surface area (TPSA) is 179 Å². The van der Waals surface area contributed by atoms with E-state index in [2.05, 4.69) is 5.32 Å². The molecule has 0 aliphatic carbocycles. The zero-order chi connectivity index (χ0) is 21.9. The first-order valence-electron chi connectivity index (χ1n) is 9.88. The van der Waals surface area contributed by atoms with E-state index < -0.39 is 54.1 Å². The molecule has 0 bridgehead atoms. The SMILES string of the molecule is CC(O)C(N)C(=O)N1CCCC1C(=O)N1CCCC1C(=O)N[C@@H](C(N)=O)C(C)O. The van der Waals surface area contributed by atoms with E-state index >= 15 is 0 Å². The highest BCUT2D eigenvalue weighted by molar-refractivity contribution is 5.95. The third kappa shape index (κ3) is 5.03. The van der Waals surface area contributed by atoms with Crippen LogP contribution in [0.1, 0.15) is 39.5 Å². The Balaban J connectivity index is 2.11. The average molecular weight is 413 g/mol. The first-order valence-corrected chi connectivity index (χ1v) is 9.88. The number of hydrogen-bond donors (Lipinski definition) is 5. The number of carbonyl (C=O) groups excluding carboxylic acids is 4. The van der Waals surface area contributed by atoms with Crippen molar-refractivity contribution in [3.8, 4) is 0 Å². The standard InChI is InChI=1S/C18H31N5O6/c1-9(24)13(19)18(29)23-8-4-6-12(23)17(28)22-7-3-5-11(22)16(27)21-14(10(2)25)15(20)26/h9-14,24-25H,3-8,19H2,1-2H3,(H2,20,26)(H,21,27)/t9?,10?,11?,12?,13?,14-/m1/s1. The van der Waals surface area contributed by atoms with Crippen molar-refractivity contribution in [3.05, 3.63) is 0 Å². The molecule has 0 aromatic heterocycles. The first-order chi connectivity index (χ1) is 13.6. The molecule has 11 nitrogen and oxygen atoms in total. The van der Waals surface area contributed by atoms with Crippen molar-refractivity contribution in [1.82, 2.24) is 15.1 Å². The molecule has 7 N–H and O–H groups in total. The highest BCUT2D eigenvalue weighted by atomic mass is 16.3. The van der Waals surface area contributed by atoms with Crippen LogP contribution in [0.25, 0.3) is 0 Å². The van der Waals surface area contributed by atoms with E-state index in [4.69, 9.17) is 11.5 Å². The monoisotopic (exact) mass is 413 g/mol. The molecule has 0 radical (unpaired) electrons. The van der Waals surface area contributed by atoms with Crippen molar-refractivity contribution < 1.29 is 29.4 Å². The van der Waals surface area contributed by atoms with Crippen LogP contribution in [-0.4, -0.2) is 93.1 Å². The number of nitrogens with zero attached hydrogens (tertiary/aromatic N) is 2. The van der Waals surface area contributed by atoms with E-state index in [0.29, 0.717) is 38.8 Å². The Hall–Kier alpha value is -2.24.